The summed E-state index contributed by atoms with van der Waals surface area (Å²) in [7, 11) is -7.98. The van der Waals surface area contributed by atoms with Gasteiger partial charge >= 0.3 is 15.2 Å². The van der Waals surface area contributed by atoms with Gasteiger partial charge in [0, 0.05) is 28.4 Å². The fourth-order valence-corrected chi connectivity index (χ4v) is 8.19. The zero-order valence-electron chi connectivity index (χ0n) is 19.3. The van der Waals surface area contributed by atoms with E-state index in [0.29, 0.717) is 13.2 Å². The Morgan fingerprint density at radius 2 is 1.00 bits per heavy atom. The third-order valence-electron chi connectivity index (χ3n) is 4.61. The van der Waals surface area contributed by atoms with Crippen molar-refractivity contribution >= 4 is 35.6 Å². The first-order valence-electron chi connectivity index (χ1n) is 9.79. The normalized spacial score (nSPS) is 12.5. The molecule has 0 aliphatic carbocycles. The molecule has 0 atom stereocenters. The van der Waals surface area contributed by atoms with Crippen LogP contribution in [0.25, 0.3) is 0 Å². The van der Waals surface area contributed by atoms with Gasteiger partial charge in [-0.25, -0.2) is 8.42 Å². The molecule has 0 spiro atoms. The molecular formula is C20H28O10P2S. The zero-order valence-corrected chi connectivity index (χ0v) is 21.9. The molecule has 0 aromatic heterocycles. The van der Waals surface area contributed by atoms with E-state index in [1.807, 2.05) is 0 Å². The summed E-state index contributed by atoms with van der Waals surface area (Å²) in [5.74, 6) is 0.541. The van der Waals surface area contributed by atoms with Crippen LogP contribution in [0.5, 0.6) is 11.5 Å². The van der Waals surface area contributed by atoms with Crippen molar-refractivity contribution in [1.29, 1.82) is 0 Å². The largest absolute Gasteiger partial charge is 0.494 e. The highest BCUT2D eigenvalue weighted by Crippen LogP contribution is 2.50. The monoisotopic (exact) mass is 522 g/mol. The molecule has 2 aromatic rings. The topological polar surface area (TPSA) is 124 Å². The van der Waals surface area contributed by atoms with Crippen molar-refractivity contribution in [1.82, 2.24) is 0 Å². The lowest BCUT2D eigenvalue weighted by molar-refractivity contribution is 0.286. The molecular weight excluding hydrogens is 494 g/mol. The summed E-state index contributed by atoms with van der Waals surface area (Å²) in [6, 6.07) is 7.84. The highest BCUT2D eigenvalue weighted by molar-refractivity contribution is 7.93. The van der Waals surface area contributed by atoms with Crippen LogP contribution in [-0.2, 0) is 37.1 Å². The van der Waals surface area contributed by atoms with Crippen LogP contribution in [0, 0.1) is 0 Å². The second-order valence-corrected chi connectivity index (χ2v) is 12.7. The van der Waals surface area contributed by atoms with Gasteiger partial charge in [-0.15, -0.1) is 0 Å². The fraction of sp³-hybridized carbons (Fsp3) is 0.400. The quantitative estimate of drug-likeness (QED) is 0.382. The lowest BCUT2D eigenvalue weighted by Gasteiger charge is -2.21. The minimum Gasteiger partial charge on any atom is -0.494 e. The molecule has 0 heterocycles. The summed E-state index contributed by atoms with van der Waals surface area (Å²) >= 11 is 0. The predicted octanol–water partition coefficient (Wildman–Crippen LogP) is 3.54. The number of hydrogen-bond acceptors (Lipinski definition) is 10. The van der Waals surface area contributed by atoms with E-state index in [-0.39, 0.29) is 31.9 Å². The van der Waals surface area contributed by atoms with Crippen LogP contribution in [0.2, 0.25) is 0 Å². The molecule has 0 saturated heterocycles. The SMILES string of the molecule is CCOc1ccc(S(=O)(=O)c2ccc(OCC)cc2P(=O)(OC)OC)c(P(=O)(OC)OC)c1. The van der Waals surface area contributed by atoms with Crippen molar-refractivity contribution in [3.8, 4) is 11.5 Å². The molecule has 10 nitrogen and oxygen atoms in total. The summed E-state index contributed by atoms with van der Waals surface area (Å²) in [5, 5.41) is -0.467. The standard InChI is InChI=1S/C20H28O10P2S/c1-7-29-15-9-11-19(17(13-15)31(21,25-3)26-4)33(23,24)20-12-10-16(30-8-2)14-18(20)32(22,27-5)28-6/h9-14H,7-8H2,1-6H3. The first kappa shape index (κ1) is 27.5. The molecule has 0 aliphatic heterocycles. The van der Waals surface area contributed by atoms with Crippen LogP contribution in [0.3, 0.4) is 0 Å². The first-order valence-corrected chi connectivity index (χ1v) is 14.4. The number of benzene rings is 2. The number of hydrogen-bond donors (Lipinski definition) is 0. The maximum absolute atomic E-state index is 13.8. The van der Waals surface area contributed by atoms with Crippen molar-refractivity contribution in [2.24, 2.45) is 0 Å². The van der Waals surface area contributed by atoms with Gasteiger partial charge < -0.3 is 27.6 Å². The Labute approximate surface area is 194 Å². The molecule has 0 unspecified atom stereocenters. The summed E-state index contributed by atoms with van der Waals surface area (Å²) in [6.07, 6.45) is 0. The van der Waals surface area contributed by atoms with E-state index < -0.39 is 25.0 Å². The van der Waals surface area contributed by atoms with Gasteiger partial charge in [0.2, 0.25) is 9.84 Å². The molecule has 0 N–H and O–H groups in total. The Morgan fingerprint density at radius 1 is 0.667 bits per heavy atom. The van der Waals surface area contributed by atoms with Crippen molar-refractivity contribution in [3.05, 3.63) is 36.4 Å². The third kappa shape index (κ3) is 5.52. The van der Waals surface area contributed by atoms with Gasteiger partial charge in [0.05, 0.1) is 33.6 Å². The van der Waals surface area contributed by atoms with Crippen molar-refractivity contribution in [3.63, 3.8) is 0 Å². The van der Waals surface area contributed by atoms with E-state index in [1.54, 1.807) is 13.8 Å². The average molecular weight is 522 g/mol. The molecule has 184 valence electrons. The molecule has 0 saturated carbocycles. The minimum atomic E-state index is -4.45. The van der Waals surface area contributed by atoms with Crippen molar-refractivity contribution < 1.29 is 45.1 Å². The van der Waals surface area contributed by atoms with Gasteiger partial charge in [-0.05, 0) is 50.2 Å². The maximum atomic E-state index is 13.8. The van der Waals surface area contributed by atoms with Crippen LogP contribution in [0.1, 0.15) is 13.8 Å². The zero-order chi connectivity index (χ0) is 24.9. The lowest BCUT2D eigenvalue weighted by atomic mass is 10.3. The van der Waals surface area contributed by atoms with Crippen molar-refractivity contribution in [2.75, 3.05) is 41.7 Å². The highest BCUT2D eigenvalue weighted by Gasteiger charge is 2.39. The Morgan fingerprint density at radius 3 is 1.27 bits per heavy atom. The second-order valence-electron chi connectivity index (χ2n) is 6.35. The predicted molar refractivity (Wildman–Crippen MR) is 123 cm³/mol. The Balaban J connectivity index is 2.90. The summed E-state index contributed by atoms with van der Waals surface area (Å²) < 4.78 is 85.2. The molecule has 13 heteroatoms. The minimum absolute atomic E-state index is 0.233. The van der Waals surface area contributed by atoms with Crippen LogP contribution in [-0.4, -0.2) is 50.1 Å². The van der Waals surface area contributed by atoms with Gasteiger partial charge in [-0.3, -0.25) is 9.13 Å². The molecule has 0 radical (unpaired) electrons. The molecule has 0 aliphatic rings. The molecule has 33 heavy (non-hydrogen) atoms. The van der Waals surface area contributed by atoms with E-state index >= 15 is 0 Å². The van der Waals surface area contributed by atoms with Crippen LogP contribution in [0.4, 0.5) is 0 Å². The Hall–Kier alpha value is -1.71. The average Bonchev–Trinajstić information content (AvgIpc) is 2.83. The van der Waals surface area contributed by atoms with E-state index in [4.69, 9.17) is 27.6 Å². The fourth-order valence-electron chi connectivity index (χ4n) is 3.05. The highest BCUT2D eigenvalue weighted by atomic mass is 32.2. The number of rotatable bonds is 12. The van der Waals surface area contributed by atoms with E-state index in [2.05, 4.69) is 0 Å². The summed E-state index contributed by atoms with van der Waals surface area (Å²) in [6.45, 7) is 4.08. The molecule has 2 aromatic carbocycles. The number of ether oxygens (including phenoxy) is 2. The lowest BCUT2D eigenvalue weighted by Crippen LogP contribution is -2.23. The first-order chi connectivity index (χ1) is 15.6. The third-order valence-corrected chi connectivity index (χ3v) is 10.6. The summed E-state index contributed by atoms with van der Waals surface area (Å²) in [4.78, 5) is -0.746. The molecule has 0 fully saturated rings. The molecule has 2 rings (SSSR count). The van der Waals surface area contributed by atoms with E-state index in [9.17, 15) is 17.5 Å². The second kappa shape index (κ2) is 11.1. The van der Waals surface area contributed by atoms with Crippen LogP contribution >= 0.6 is 15.2 Å². The Bertz CT molecular complexity index is 1080. The van der Waals surface area contributed by atoms with E-state index in [0.717, 1.165) is 28.4 Å². The molecule has 0 amide bonds. The van der Waals surface area contributed by atoms with Gasteiger partial charge in [-0.1, -0.05) is 0 Å². The van der Waals surface area contributed by atoms with Gasteiger partial charge in [-0.2, -0.15) is 0 Å². The number of sulfone groups is 1. The summed E-state index contributed by atoms with van der Waals surface area (Å²) in [5.41, 5.74) is 0. The van der Waals surface area contributed by atoms with Crippen LogP contribution < -0.4 is 20.1 Å². The van der Waals surface area contributed by atoms with Gasteiger partial charge in [0.25, 0.3) is 0 Å². The van der Waals surface area contributed by atoms with E-state index in [1.165, 1.54) is 36.4 Å². The Kier molecular flexibility index (Phi) is 9.30. The van der Waals surface area contributed by atoms with Crippen LogP contribution in [0.15, 0.2) is 46.2 Å². The van der Waals surface area contributed by atoms with Crippen molar-refractivity contribution in [2.45, 2.75) is 23.6 Å². The van der Waals surface area contributed by atoms with Gasteiger partial charge in [0.15, 0.2) is 0 Å². The van der Waals surface area contributed by atoms with Gasteiger partial charge in [0.1, 0.15) is 11.5 Å². The smallest absolute Gasteiger partial charge is 0.362 e. The molecule has 0 bridgehead atoms. The maximum Gasteiger partial charge on any atom is 0.362 e.